The van der Waals surface area contributed by atoms with E-state index in [1.54, 1.807) is 4.90 Å². The standard InChI is InChI=1S/C18H25FN4O3S/c19-5-6-21-7-9-22(10-8-21)14-1-3-15(4-2-14)23-12-16(26-18(23)25)11-20-17(24)13-27/h1-4,16,27H,5-13H2,(H,20,24). The Labute approximate surface area is 163 Å². The number of halogens is 1. The van der Waals surface area contributed by atoms with Gasteiger partial charge in [-0.05, 0) is 24.3 Å². The van der Waals surface area contributed by atoms with Crippen LogP contribution in [-0.2, 0) is 9.53 Å². The second-order valence-corrected chi connectivity index (χ2v) is 6.93. The van der Waals surface area contributed by atoms with E-state index in [2.05, 4.69) is 27.7 Å². The first-order chi connectivity index (χ1) is 13.1. The molecule has 2 aliphatic heterocycles. The summed E-state index contributed by atoms with van der Waals surface area (Å²) >= 11 is 3.90. The number of nitrogens with one attached hydrogen (secondary N) is 1. The SMILES string of the molecule is O=C(CS)NCC1CN(c2ccc(N3CCN(CCF)CC3)cc2)C(=O)O1. The monoisotopic (exact) mass is 396 g/mol. The van der Waals surface area contributed by atoms with Crippen LogP contribution in [-0.4, -0.2) is 81.2 Å². The van der Waals surface area contributed by atoms with Crippen LogP contribution in [0.5, 0.6) is 0 Å². The van der Waals surface area contributed by atoms with E-state index in [1.807, 2.05) is 24.3 Å². The zero-order valence-corrected chi connectivity index (χ0v) is 16.0. The molecular weight excluding hydrogens is 371 g/mol. The zero-order valence-electron chi connectivity index (χ0n) is 15.1. The van der Waals surface area contributed by atoms with Crippen LogP contribution in [0, 0.1) is 0 Å². The number of nitrogens with zero attached hydrogens (tertiary/aromatic N) is 3. The Morgan fingerprint density at radius 1 is 1.19 bits per heavy atom. The second-order valence-electron chi connectivity index (χ2n) is 6.61. The molecule has 0 spiro atoms. The highest BCUT2D eigenvalue weighted by Gasteiger charge is 2.32. The number of anilines is 2. The zero-order chi connectivity index (χ0) is 19.2. The Morgan fingerprint density at radius 3 is 2.48 bits per heavy atom. The highest BCUT2D eigenvalue weighted by Crippen LogP contribution is 2.25. The molecule has 0 bridgehead atoms. The predicted octanol–water partition coefficient (Wildman–Crippen LogP) is 1.15. The van der Waals surface area contributed by atoms with E-state index in [0.717, 1.165) is 37.6 Å². The highest BCUT2D eigenvalue weighted by atomic mass is 32.1. The molecule has 2 amide bonds. The van der Waals surface area contributed by atoms with Gasteiger partial charge in [-0.25, -0.2) is 9.18 Å². The van der Waals surface area contributed by atoms with Crippen LogP contribution in [0.4, 0.5) is 20.6 Å². The number of benzene rings is 1. The number of cyclic esters (lactones) is 1. The van der Waals surface area contributed by atoms with Gasteiger partial charge in [0.15, 0.2) is 0 Å². The summed E-state index contributed by atoms with van der Waals surface area (Å²) in [5.74, 6) is -0.0859. The summed E-state index contributed by atoms with van der Waals surface area (Å²) in [6.07, 6.45) is -0.780. The van der Waals surface area contributed by atoms with Gasteiger partial charge in [0.25, 0.3) is 0 Å². The average molecular weight is 396 g/mol. The Bertz CT molecular complexity index is 653. The predicted molar refractivity (Wildman–Crippen MR) is 106 cm³/mol. The van der Waals surface area contributed by atoms with Crippen LogP contribution in [0.3, 0.4) is 0 Å². The fraction of sp³-hybridized carbons (Fsp3) is 0.556. The first-order valence-corrected chi connectivity index (χ1v) is 9.73. The topological polar surface area (TPSA) is 65.1 Å². The third kappa shape index (κ3) is 5.04. The van der Waals surface area contributed by atoms with E-state index >= 15 is 0 Å². The van der Waals surface area contributed by atoms with Crippen molar-refractivity contribution < 1.29 is 18.7 Å². The maximum absolute atomic E-state index is 12.4. The van der Waals surface area contributed by atoms with Crippen molar-refractivity contribution in [1.29, 1.82) is 0 Å². The largest absolute Gasteiger partial charge is 0.442 e. The van der Waals surface area contributed by atoms with Crippen molar-refractivity contribution in [2.45, 2.75) is 6.10 Å². The molecule has 1 aromatic carbocycles. The number of thiol groups is 1. The van der Waals surface area contributed by atoms with Gasteiger partial charge in [-0.15, -0.1) is 0 Å². The molecule has 148 valence electrons. The second kappa shape index (κ2) is 9.27. The lowest BCUT2D eigenvalue weighted by atomic mass is 10.2. The minimum atomic E-state index is -0.410. The molecule has 0 aromatic heterocycles. The van der Waals surface area contributed by atoms with E-state index in [-0.39, 0.29) is 31.0 Å². The number of hydrogen-bond donors (Lipinski definition) is 2. The number of hydrogen-bond acceptors (Lipinski definition) is 6. The summed E-state index contributed by atoms with van der Waals surface area (Å²) in [4.78, 5) is 29.3. The van der Waals surface area contributed by atoms with Gasteiger partial charge in [-0.2, -0.15) is 12.6 Å². The maximum Gasteiger partial charge on any atom is 0.414 e. The lowest BCUT2D eigenvalue weighted by Gasteiger charge is -2.35. The molecule has 1 atom stereocenters. The molecule has 0 saturated carbocycles. The van der Waals surface area contributed by atoms with Crippen molar-refractivity contribution in [1.82, 2.24) is 10.2 Å². The molecule has 2 saturated heterocycles. The van der Waals surface area contributed by atoms with Crippen LogP contribution in [0.2, 0.25) is 0 Å². The molecule has 3 rings (SSSR count). The summed E-state index contributed by atoms with van der Waals surface area (Å²) in [5, 5.41) is 2.68. The summed E-state index contributed by atoms with van der Waals surface area (Å²) in [7, 11) is 0. The summed E-state index contributed by atoms with van der Waals surface area (Å²) in [6, 6.07) is 7.78. The van der Waals surface area contributed by atoms with Gasteiger partial charge in [0.05, 0.1) is 18.8 Å². The minimum Gasteiger partial charge on any atom is -0.442 e. The molecule has 1 N–H and O–H groups in total. The van der Waals surface area contributed by atoms with Crippen molar-refractivity contribution in [3.63, 3.8) is 0 Å². The van der Waals surface area contributed by atoms with E-state index in [4.69, 9.17) is 4.74 Å². The van der Waals surface area contributed by atoms with Crippen molar-refractivity contribution >= 4 is 36.0 Å². The van der Waals surface area contributed by atoms with Crippen LogP contribution >= 0.6 is 12.6 Å². The van der Waals surface area contributed by atoms with Gasteiger partial charge < -0.3 is 15.0 Å². The number of alkyl halides is 1. The van der Waals surface area contributed by atoms with E-state index in [1.165, 1.54) is 0 Å². The number of ether oxygens (including phenoxy) is 1. The number of carbonyl (C=O) groups excluding carboxylic acids is 2. The summed E-state index contributed by atoms with van der Waals surface area (Å²) in [5.41, 5.74) is 1.85. The number of amides is 2. The lowest BCUT2D eigenvalue weighted by Crippen LogP contribution is -2.47. The number of carbonyl (C=O) groups is 2. The van der Waals surface area contributed by atoms with Crippen molar-refractivity contribution in [2.75, 3.05) is 68.0 Å². The molecule has 1 unspecified atom stereocenters. The smallest absolute Gasteiger partial charge is 0.414 e. The molecule has 0 aliphatic carbocycles. The van der Waals surface area contributed by atoms with E-state index in [9.17, 15) is 14.0 Å². The maximum atomic E-state index is 12.4. The average Bonchev–Trinajstić information content (AvgIpc) is 3.08. The first-order valence-electron chi connectivity index (χ1n) is 9.09. The van der Waals surface area contributed by atoms with E-state index in [0.29, 0.717) is 13.1 Å². The van der Waals surface area contributed by atoms with Crippen LogP contribution < -0.4 is 15.1 Å². The van der Waals surface area contributed by atoms with Crippen LogP contribution in [0.25, 0.3) is 0 Å². The van der Waals surface area contributed by atoms with Gasteiger partial charge in [0, 0.05) is 44.1 Å². The van der Waals surface area contributed by atoms with E-state index < -0.39 is 6.09 Å². The fourth-order valence-corrected chi connectivity index (χ4v) is 3.43. The van der Waals surface area contributed by atoms with Gasteiger partial charge in [0.2, 0.25) is 5.91 Å². The fourth-order valence-electron chi connectivity index (χ4n) is 3.31. The van der Waals surface area contributed by atoms with Crippen molar-refractivity contribution in [2.24, 2.45) is 0 Å². The molecular formula is C18H25FN4O3S. The molecule has 2 fully saturated rings. The van der Waals surface area contributed by atoms with Crippen molar-refractivity contribution in [3.8, 4) is 0 Å². The lowest BCUT2D eigenvalue weighted by molar-refractivity contribution is -0.118. The highest BCUT2D eigenvalue weighted by molar-refractivity contribution is 7.81. The Hall–Kier alpha value is -2.00. The molecule has 1 aromatic rings. The summed E-state index contributed by atoms with van der Waals surface area (Å²) in [6.45, 7) is 4.29. The van der Waals surface area contributed by atoms with Gasteiger partial charge in [-0.1, -0.05) is 0 Å². The molecule has 0 radical (unpaired) electrons. The van der Waals surface area contributed by atoms with Gasteiger partial charge in [0.1, 0.15) is 12.8 Å². The molecule has 2 heterocycles. The third-order valence-electron chi connectivity index (χ3n) is 4.84. The molecule has 9 heteroatoms. The van der Waals surface area contributed by atoms with Crippen LogP contribution in [0.1, 0.15) is 0 Å². The van der Waals surface area contributed by atoms with Gasteiger partial charge >= 0.3 is 6.09 Å². The minimum absolute atomic E-state index is 0.105. The summed E-state index contributed by atoms with van der Waals surface area (Å²) < 4.78 is 17.7. The Morgan fingerprint density at radius 2 is 1.85 bits per heavy atom. The molecule has 27 heavy (non-hydrogen) atoms. The normalized spacial score (nSPS) is 20.7. The first kappa shape index (κ1) is 19.8. The van der Waals surface area contributed by atoms with Gasteiger partial charge in [-0.3, -0.25) is 14.6 Å². The molecule has 2 aliphatic rings. The number of rotatable bonds is 7. The van der Waals surface area contributed by atoms with Crippen molar-refractivity contribution in [3.05, 3.63) is 24.3 Å². The Balaban J connectivity index is 1.54. The third-order valence-corrected chi connectivity index (χ3v) is 5.13. The number of piperazine rings is 1. The van der Waals surface area contributed by atoms with Crippen LogP contribution in [0.15, 0.2) is 24.3 Å². The molecule has 7 nitrogen and oxygen atoms in total. The Kier molecular flexibility index (Phi) is 6.78. The quantitative estimate of drug-likeness (QED) is 0.677.